The van der Waals surface area contributed by atoms with Crippen LogP contribution >= 0.6 is 11.5 Å². The molecule has 2 aliphatic heterocycles. The van der Waals surface area contributed by atoms with Gasteiger partial charge >= 0.3 is 0 Å². The molecule has 2 aliphatic rings. The summed E-state index contributed by atoms with van der Waals surface area (Å²) < 4.78 is 11.5. The Labute approximate surface area is 141 Å². The second-order valence-electron chi connectivity index (χ2n) is 6.12. The highest BCUT2D eigenvalue weighted by Gasteiger charge is 2.55. The van der Waals surface area contributed by atoms with Crippen molar-refractivity contribution in [3.8, 4) is 0 Å². The van der Waals surface area contributed by atoms with Crippen molar-refractivity contribution < 1.29 is 9.47 Å². The van der Waals surface area contributed by atoms with Crippen LogP contribution in [-0.2, 0) is 16.0 Å². The van der Waals surface area contributed by atoms with Gasteiger partial charge in [-0.05, 0) is 16.2 Å². The zero-order valence-electron chi connectivity index (χ0n) is 12.4. The fraction of sp³-hybridized carbons (Fsp3) is 0.571. The first-order valence-electron chi connectivity index (χ1n) is 7.30. The van der Waals surface area contributed by atoms with Crippen LogP contribution in [0.5, 0.6) is 0 Å². The van der Waals surface area contributed by atoms with E-state index in [9.17, 15) is 0 Å². The molecular formula is C14H15B4ClNO2. The molecule has 2 fully saturated rings. The van der Waals surface area contributed by atoms with Gasteiger partial charge in [-0.25, -0.2) is 11.5 Å². The van der Waals surface area contributed by atoms with Crippen molar-refractivity contribution in [2.24, 2.45) is 0 Å². The van der Waals surface area contributed by atoms with E-state index in [1.54, 1.807) is 4.90 Å². The summed E-state index contributed by atoms with van der Waals surface area (Å²) in [6, 6.07) is 9.87. The van der Waals surface area contributed by atoms with Crippen LogP contribution in [0.2, 0.25) is 0 Å². The molecule has 22 heavy (non-hydrogen) atoms. The zero-order valence-corrected chi connectivity index (χ0v) is 13.1. The first-order valence-corrected chi connectivity index (χ1v) is 7.74. The van der Waals surface area contributed by atoms with E-state index in [0.29, 0.717) is 32.6 Å². The van der Waals surface area contributed by atoms with Gasteiger partial charge in [0, 0.05) is 19.4 Å². The molecule has 0 aliphatic carbocycles. The summed E-state index contributed by atoms with van der Waals surface area (Å²) in [7, 11) is 19.2. The van der Waals surface area contributed by atoms with E-state index in [4.69, 9.17) is 44.5 Å². The highest BCUT2D eigenvalue weighted by Crippen LogP contribution is 2.44. The van der Waals surface area contributed by atoms with E-state index < -0.39 is 16.5 Å². The van der Waals surface area contributed by atoms with Gasteiger partial charge in [0.1, 0.15) is 0 Å². The Morgan fingerprint density at radius 1 is 1.09 bits per heavy atom. The quantitative estimate of drug-likeness (QED) is 0.767. The fourth-order valence-corrected chi connectivity index (χ4v) is 3.56. The lowest BCUT2D eigenvalue weighted by atomic mass is 9.45. The smallest absolute Gasteiger partial charge is 0.251 e. The standard InChI is InChI=1S/C14H15B4ClNO2/c15-13(16)9-12(21-6-7-22-12)10-14(17,18-19)20(13)8-11-4-2-1-3-5-11/h1-5H,6-10H2. The molecule has 1 spiro atoms. The summed E-state index contributed by atoms with van der Waals surface area (Å²) >= 11 is 6.06. The lowest BCUT2D eigenvalue weighted by Gasteiger charge is -2.59. The molecule has 1 atom stereocenters. The Kier molecular flexibility index (Phi) is 4.45. The van der Waals surface area contributed by atoms with Crippen LogP contribution in [0, 0.1) is 0 Å². The third-order valence-corrected chi connectivity index (χ3v) is 4.67. The number of ether oxygens (including phenoxy) is 2. The van der Waals surface area contributed by atoms with Gasteiger partial charge in [0.2, 0.25) is 0 Å². The molecule has 1 unspecified atom stereocenters. The predicted molar refractivity (Wildman–Crippen MR) is 90.2 cm³/mol. The number of hydrogen-bond acceptors (Lipinski definition) is 3. The first kappa shape index (κ1) is 16.5. The van der Waals surface area contributed by atoms with Gasteiger partial charge in [-0.15, -0.1) is 0 Å². The zero-order chi connectivity index (χ0) is 15.8. The molecule has 0 amide bonds. The van der Waals surface area contributed by atoms with E-state index in [-0.39, 0.29) is 0 Å². The summed E-state index contributed by atoms with van der Waals surface area (Å²) in [4.78, 5) is 1.80. The summed E-state index contributed by atoms with van der Waals surface area (Å²) in [5, 5.41) is -2.22. The Morgan fingerprint density at radius 3 is 2.32 bits per heavy atom. The van der Waals surface area contributed by atoms with Crippen LogP contribution < -0.4 is 0 Å². The molecule has 8 heteroatoms. The molecule has 0 bridgehead atoms. The highest BCUT2D eigenvalue weighted by atomic mass is 35.5. The third-order valence-electron chi connectivity index (χ3n) is 4.30. The number of benzene rings is 1. The molecule has 0 N–H and O–H groups in total. The minimum absolute atomic E-state index is 0.330. The van der Waals surface area contributed by atoms with E-state index in [1.165, 1.54) is 6.69 Å². The van der Waals surface area contributed by atoms with Crippen LogP contribution in [0.15, 0.2) is 30.3 Å². The third kappa shape index (κ3) is 3.01. The van der Waals surface area contributed by atoms with E-state index in [2.05, 4.69) is 0 Å². The summed E-state index contributed by atoms with van der Waals surface area (Å²) in [6.45, 7) is 2.90. The number of rotatable bonds is 3. The Hall–Kier alpha value is -0.350. The van der Waals surface area contributed by atoms with Crippen molar-refractivity contribution in [3.63, 3.8) is 0 Å². The van der Waals surface area contributed by atoms with Crippen LogP contribution in [0.4, 0.5) is 0 Å². The molecule has 1 aromatic rings. The summed E-state index contributed by atoms with van der Waals surface area (Å²) in [5.74, 6) is -0.864. The van der Waals surface area contributed by atoms with E-state index in [1.807, 2.05) is 30.3 Å². The molecule has 0 aromatic heterocycles. The van der Waals surface area contributed by atoms with Crippen molar-refractivity contribution in [3.05, 3.63) is 35.9 Å². The molecule has 2 saturated heterocycles. The molecule has 7 radical (unpaired) electrons. The minimum atomic E-state index is -1.20. The van der Waals surface area contributed by atoms with Gasteiger partial charge in [-0.2, -0.15) is 0 Å². The van der Waals surface area contributed by atoms with Gasteiger partial charge in [0.25, 0.3) is 6.69 Å². The number of hydrogen-bond donors (Lipinski definition) is 0. The number of likely N-dealkylation sites (tertiary alicyclic amines) is 1. The van der Waals surface area contributed by atoms with Gasteiger partial charge in [-0.1, -0.05) is 30.3 Å². The summed E-state index contributed by atoms with van der Waals surface area (Å²) in [6.07, 6.45) is 0.711. The molecule has 1 aromatic carbocycles. The molecule has 2 heterocycles. The number of nitrogens with zero attached hydrogens (tertiary/aromatic N) is 1. The average Bonchev–Trinajstić information content (AvgIpc) is 2.91. The molecule has 3 nitrogen and oxygen atoms in total. The van der Waals surface area contributed by atoms with E-state index in [0.717, 1.165) is 5.56 Å². The molecular weight excluding hydrogens is 293 g/mol. The van der Waals surface area contributed by atoms with Gasteiger partial charge in [0.05, 0.1) is 36.8 Å². The van der Waals surface area contributed by atoms with Crippen LogP contribution in [-0.4, -0.2) is 64.8 Å². The van der Waals surface area contributed by atoms with Crippen LogP contribution in [0.1, 0.15) is 18.4 Å². The second kappa shape index (κ2) is 5.94. The number of halogens is 1. The normalized spacial score (nSPS) is 30.4. The average molecular weight is 308 g/mol. The topological polar surface area (TPSA) is 21.7 Å². The molecule has 0 saturated carbocycles. The van der Waals surface area contributed by atoms with Gasteiger partial charge in [0.15, 0.2) is 5.79 Å². The maximum absolute atomic E-state index is 6.50. The Morgan fingerprint density at radius 2 is 1.73 bits per heavy atom. The van der Waals surface area contributed by atoms with Crippen molar-refractivity contribution in [1.82, 2.24) is 4.90 Å². The lowest BCUT2D eigenvalue weighted by Crippen LogP contribution is -2.72. The first-order chi connectivity index (χ1) is 10.4. The maximum Gasteiger partial charge on any atom is 0.251 e. The minimum Gasteiger partial charge on any atom is -0.348 e. The molecule has 107 valence electrons. The lowest BCUT2D eigenvalue weighted by molar-refractivity contribution is -0.204. The van der Waals surface area contributed by atoms with Crippen molar-refractivity contribution in [1.29, 1.82) is 0 Å². The fourth-order valence-electron chi connectivity index (χ4n) is 3.36. The van der Waals surface area contributed by atoms with E-state index >= 15 is 0 Å². The number of piperidine rings is 1. The summed E-state index contributed by atoms with van der Waals surface area (Å²) in [5.41, 5.74) is 1.06. The SMILES string of the molecule is [B]C1([B])CC2(CC([B])([B]Cl)N1Cc1ccccc1)OCCO2. The van der Waals surface area contributed by atoms with Gasteiger partial charge < -0.3 is 14.4 Å². The highest BCUT2D eigenvalue weighted by molar-refractivity contribution is 6.98. The van der Waals surface area contributed by atoms with Crippen LogP contribution in [0.3, 0.4) is 0 Å². The maximum atomic E-state index is 6.50. The molecule has 3 rings (SSSR count). The largest absolute Gasteiger partial charge is 0.348 e. The van der Waals surface area contributed by atoms with Crippen LogP contribution in [0.25, 0.3) is 0 Å². The van der Waals surface area contributed by atoms with Gasteiger partial charge in [-0.3, -0.25) is 0 Å². The predicted octanol–water partition coefficient (Wildman–Crippen LogP) is 0.697. The monoisotopic (exact) mass is 308 g/mol. The Balaban J connectivity index is 1.90. The Bertz CT molecular complexity index is 527. The van der Waals surface area contributed by atoms with Crippen molar-refractivity contribution in [2.75, 3.05) is 13.2 Å². The van der Waals surface area contributed by atoms with Crippen molar-refractivity contribution in [2.45, 2.75) is 35.8 Å². The van der Waals surface area contributed by atoms with Crippen molar-refractivity contribution >= 4 is 41.7 Å². The second-order valence-corrected chi connectivity index (χ2v) is 6.34.